The maximum absolute atomic E-state index is 5.97. The molecule has 0 aliphatic heterocycles. The zero-order valence-corrected chi connectivity index (χ0v) is 10.1. The van der Waals surface area contributed by atoms with Crippen LogP contribution in [0.15, 0.2) is 0 Å². The third kappa shape index (κ3) is 2.05. The fourth-order valence-electron chi connectivity index (χ4n) is 1.60. The maximum atomic E-state index is 5.97. The van der Waals surface area contributed by atoms with Crippen molar-refractivity contribution in [1.82, 2.24) is 30.4 Å². The molecule has 8 heteroatoms. The minimum atomic E-state index is -0.0857. The van der Waals surface area contributed by atoms with Gasteiger partial charge in [-0.2, -0.15) is 10.3 Å². The van der Waals surface area contributed by atoms with Crippen LogP contribution in [0.25, 0.3) is 0 Å². The van der Waals surface area contributed by atoms with Gasteiger partial charge in [0.15, 0.2) is 5.82 Å². The number of hydrogen-bond acceptors (Lipinski definition) is 6. The summed E-state index contributed by atoms with van der Waals surface area (Å²) in [6.07, 6.45) is 0. The molecule has 0 aliphatic rings. The van der Waals surface area contributed by atoms with Crippen LogP contribution in [0.1, 0.15) is 31.4 Å². The lowest BCUT2D eigenvalue weighted by atomic mass is 10.3. The first-order valence-electron chi connectivity index (χ1n) is 5.46. The van der Waals surface area contributed by atoms with E-state index < -0.39 is 0 Å². The lowest BCUT2D eigenvalue weighted by molar-refractivity contribution is 0.647. The summed E-state index contributed by atoms with van der Waals surface area (Å²) in [7, 11) is 0. The highest BCUT2D eigenvalue weighted by Gasteiger charge is 2.16. The number of anilines is 2. The van der Waals surface area contributed by atoms with Crippen molar-refractivity contribution < 1.29 is 0 Å². The number of aromatic amines is 1. The molecule has 2 aromatic heterocycles. The van der Waals surface area contributed by atoms with Gasteiger partial charge < -0.3 is 11.1 Å². The summed E-state index contributed by atoms with van der Waals surface area (Å²) in [4.78, 5) is 0. The van der Waals surface area contributed by atoms with E-state index in [9.17, 15) is 0 Å². The number of tetrazole rings is 1. The Kier molecular flexibility index (Phi) is 2.94. The summed E-state index contributed by atoms with van der Waals surface area (Å²) in [5, 5.41) is 21.4. The summed E-state index contributed by atoms with van der Waals surface area (Å²) in [5.41, 5.74) is 7.44. The van der Waals surface area contributed by atoms with Gasteiger partial charge in [0.1, 0.15) is 5.82 Å². The quantitative estimate of drug-likeness (QED) is 0.712. The Morgan fingerprint density at radius 2 is 2.29 bits per heavy atom. The minimum absolute atomic E-state index is 0.0857. The van der Waals surface area contributed by atoms with E-state index in [2.05, 4.69) is 31.0 Å². The molecule has 0 saturated heterocycles. The third-order valence-corrected chi connectivity index (χ3v) is 2.58. The van der Waals surface area contributed by atoms with Gasteiger partial charge in [0.25, 0.3) is 0 Å². The number of nitrogen functional groups attached to an aromatic ring is 1. The van der Waals surface area contributed by atoms with Crippen molar-refractivity contribution in [1.29, 1.82) is 0 Å². The van der Waals surface area contributed by atoms with Crippen molar-refractivity contribution in [3.05, 3.63) is 11.5 Å². The van der Waals surface area contributed by atoms with Crippen LogP contribution in [0.3, 0.4) is 0 Å². The number of hydrogen-bond donors (Lipinski definition) is 3. The minimum Gasteiger partial charge on any atom is -0.394 e. The fraction of sp³-hybridized carbons (Fsp3) is 0.556. The molecule has 0 radical (unpaired) electrons. The molecule has 1 unspecified atom stereocenters. The van der Waals surface area contributed by atoms with Crippen LogP contribution in [0.5, 0.6) is 0 Å². The molecule has 2 aromatic rings. The Labute approximate surface area is 98.6 Å². The smallest absolute Gasteiger partial charge is 0.196 e. The highest BCUT2D eigenvalue weighted by atomic mass is 15.5. The highest BCUT2D eigenvalue weighted by Crippen LogP contribution is 2.25. The number of rotatable bonds is 4. The molecule has 0 saturated carbocycles. The third-order valence-electron chi connectivity index (χ3n) is 2.58. The van der Waals surface area contributed by atoms with E-state index in [-0.39, 0.29) is 6.04 Å². The SMILES string of the molecule is CCn1nc(C)c(N)c1NC(C)c1nn[nH]n1. The van der Waals surface area contributed by atoms with Gasteiger partial charge in [-0.15, -0.1) is 10.2 Å². The van der Waals surface area contributed by atoms with Crippen molar-refractivity contribution in [2.45, 2.75) is 33.4 Å². The number of nitrogens with one attached hydrogen (secondary N) is 2. The molecule has 2 heterocycles. The molecule has 17 heavy (non-hydrogen) atoms. The predicted octanol–water partition coefficient (Wildman–Crippen LogP) is 0.480. The first-order valence-corrected chi connectivity index (χ1v) is 5.46. The highest BCUT2D eigenvalue weighted by molar-refractivity contribution is 5.65. The average molecular weight is 236 g/mol. The Balaban J connectivity index is 2.24. The predicted molar refractivity (Wildman–Crippen MR) is 63.3 cm³/mol. The molecular formula is C9H16N8. The molecule has 0 aliphatic carbocycles. The van der Waals surface area contributed by atoms with Crippen LogP contribution in [-0.2, 0) is 6.54 Å². The number of H-pyrrole nitrogens is 1. The number of nitrogens with zero attached hydrogens (tertiary/aromatic N) is 5. The number of aryl methyl sites for hydroxylation is 2. The molecule has 2 rings (SSSR count). The van der Waals surface area contributed by atoms with E-state index in [1.54, 1.807) is 0 Å². The largest absolute Gasteiger partial charge is 0.394 e. The standard InChI is InChI=1S/C9H16N8/c1-4-17-9(7(10)5(2)14-17)11-6(3)8-12-15-16-13-8/h6,11H,4,10H2,1-3H3,(H,12,13,15,16). The van der Waals surface area contributed by atoms with Crippen molar-refractivity contribution >= 4 is 11.5 Å². The molecule has 0 aromatic carbocycles. The average Bonchev–Trinajstić information content (AvgIpc) is 2.92. The summed E-state index contributed by atoms with van der Waals surface area (Å²) in [5.74, 6) is 1.38. The van der Waals surface area contributed by atoms with Crippen molar-refractivity contribution in [3.63, 3.8) is 0 Å². The van der Waals surface area contributed by atoms with Gasteiger partial charge in [-0.25, -0.2) is 4.68 Å². The van der Waals surface area contributed by atoms with Crippen molar-refractivity contribution in [2.75, 3.05) is 11.1 Å². The van der Waals surface area contributed by atoms with Crippen LogP contribution in [0, 0.1) is 6.92 Å². The van der Waals surface area contributed by atoms with Gasteiger partial charge in [-0.3, -0.25) is 0 Å². The number of aromatic nitrogens is 6. The molecule has 92 valence electrons. The lowest BCUT2D eigenvalue weighted by Gasteiger charge is -2.13. The zero-order chi connectivity index (χ0) is 12.4. The van der Waals surface area contributed by atoms with E-state index in [4.69, 9.17) is 5.73 Å². The van der Waals surface area contributed by atoms with Gasteiger partial charge in [0.2, 0.25) is 0 Å². The van der Waals surface area contributed by atoms with E-state index in [0.717, 1.165) is 18.1 Å². The van der Waals surface area contributed by atoms with Gasteiger partial charge >= 0.3 is 0 Å². The Morgan fingerprint density at radius 1 is 1.53 bits per heavy atom. The summed E-state index contributed by atoms with van der Waals surface area (Å²) < 4.78 is 1.82. The Morgan fingerprint density at radius 3 is 2.88 bits per heavy atom. The molecule has 0 amide bonds. The van der Waals surface area contributed by atoms with Crippen LogP contribution in [0.2, 0.25) is 0 Å². The van der Waals surface area contributed by atoms with Crippen LogP contribution < -0.4 is 11.1 Å². The molecule has 0 bridgehead atoms. The monoisotopic (exact) mass is 236 g/mol. The summed E-state index contributed by atoms with van der Waals surface area (Å²) in [6, 6.07) is -0.0857. The fourth-order valence-corrected chi connectivity index (χ4v) is 1.60. The van der Waals surface area contributed by atoms with Gasteiger partial charge in [0.05, 0.1) is 17.4 Å². The Hall–Kier alpha value is -2.12. The first kappa shape index (κ1) is 11.4. The van der Waals surface area contributed by atoms with E-state index in [1.807, 2.05) is 25.5 Å². The zero-order valence-electron chi connectivity index (χ0n) is 10.1. The van der Waals surface area contributed by atoms with Crippen molar-refractivity contribution in [3.8, 4) is 0 Å². The maximum Gasteiger partial charge on any atom is 0.196 e. The molecule has 4 N–H and O–H groups in total. The second-order valence-corrected chi connectivity index (χ2v) is 3.80. The van der Waals surface area contributed by atoms with Crippen LogP contribution >= 0.6 is 0 Å². The van der Waals surface area contributed by atoms with Gasteiger partial charge in [-0.1, -0.05) is 5.21 Å². The van der Waals surface area contributed by atoms with Crippen LogP contribution in [-0.4, -0.2) is 30.4 Å². The molecule has 8 nitrogen and oxygen atoms in total. The van der Waals surface area contributed by atoms with E-state index >= 15 is 0 Å². The van der Waals surface area contributed by atoms with E-state index in [1.165, 1.54) is 0 Å². The lowest BCUT2D eigenvalue weighted by Crippen LogP contribution is -2.13. The first-order chi connectivity index (χ1) is 8.13. The van der Waals surface area contributed by atoms with Gasteiger partial charge in [0, 0.05) is 6.54 Å². The second kappa shape index (κ2) is 4.40. The summed E-state index contributed by atoms with van der Waals surface area (Å²) >= 11 is 0. The van der Waals surface area contributed by atoms with Crippen LogP contribution in [0.4, 0.5) is 11.5 Å². The van der Waals surface area contributed by atoms with E-state index in [0.29, 0.717) is 11.5 Å². The normalized spacial score (nSPS) is 12.6. The van der Waals surface area contributed by atoms with Crippen molar-refractivity contribution in [2.24, 2.45) is 0 Å². The number of nitrogens with two attached hydrogens (primary N) is 1. The molecule has 1 atom stereocenters. The molecular weight excluding hydrogens is 220 g/mol. The second-order valence-electron chi connectivity index (χ2n) is 3.80. The molecule has 0 spiro atoms. The topological polar surface area (TPSA) is 110 Å². The van der Waals surface area contributed by atoms with Gasteiger partial charge in [-0.05, 0) is 20.8 Å². The molecule has 0 fully saturated rings. The Bertz CT molecular complexity index is 485. The summed E-state index contributed by atoms with van der Waals surface area (Å²) in [6.45, 7) is 6.58.